The number of anilines is 3. The van der Waals surface area contributed by atoms with E-state index in [-0.39, 0.29) is 11.9 Å². The van der Waals surface area contributed by atoms with Crippen molar-refractivity contribution in [2.24, 2.45) is 0 Å². The SMILES string of the molecule is COCCOc1cccc2c(NCc3cccc(F)c3)nc(N3c4cccc(B(O)O)c4CC3C)nc12. The summed E-state index contributed by atoms with van der Waals surface area (Å²) in [6, 6.07) is 17.5. The van der Waals surface area contributed by atoms with Gasteiger partial charge in [-0.05, 0) is 60.3 Å². The van der Waals surface area contributed by atoms with Gasteiger partial charge in [0.1, 0.15) is 29.5 Å². The van der Waals surface area contributed by atoms with Gasteiger partial charge in [-0.3, -0.25) is 0 Å². The molecule has 0 spiro atoms. The maximum Gasteiger partial charge on any atom is 0.488 e. The van der Waals surface area contributed by atoms with Crippen molar-refractivity contribution in [3.05, 3.63) is 77.6 Å². The number of nitrogens with one attached hydrogen (secondary N) is 1. The Morgan fingerprint density at radius 2 is 1.89 bits per heavy atom. The molecule has 5 rings (SSSR count). The Balaban J connectivity index is 1.60. The van der Waals surface area contributed by atoms with Crippen molar-refractivity contribution in [1.29, 1.82) is 0 Å². The van der Waals surface area contributed by atoms with Gasteiger partial charge in [-0.25, -0.2) is 9.37 Å². The number of hydrogen-bond acceptors (Lipinski definition) is 8. The molecule has 0 amide bonds. The van der Waals surface area contributed by atoms with Crippen molar-refractivity contribution in [3.63, 3.8) is 0 Å². The number of methoxy groups -OCH3 is 1. The molecular formula is C27H28BFN4O4. The van der Waals surface area contributed by atoms with Gasteiger partial charge < -0.3 is 29.7 Å². The fourth-order valence-corrected chi connectivity index (χ4v) is 4.75. The summed E-state index contributed by atoms with van der Waals surface area (Å²) in [5.74, 6) is 1.33. The lowest BCUT2D eigenvalue weighted by Gasteiger charge is -2.24. The predicted molar refractivity (Wildman–Crippen MR) is 142 cm³/mol. The molecule has 1 aliphatic rings. The van der Waals surface area contributed by atoms with Crippen molar-refractivity contribution in [1.82, 2.24) is 9.97 Å². The highest BCUT2D eigenvalue weighted by atomic mass is 19.1. The summed E-state index contributed by atoms with van der Waals surface area (Å²) in [4.78, 5) is 11.8. The molecule has 190 valence electrons. The van der Waals surface area contributed by atoms with Gasteiger partial charge in [0, 0.05) is 30.8 Å². The first-order valence-electron chi connectivity index (χ1n) is 12.1. The Labute approximate surface area is 214 Å². The van der Waals surface area contributed by atoms with Crippen LogP contribution in [0.3, 0.4) is 0 Å². The molecule has 0 bridgehead atoms. The van der Waals surface area contributed by atoms with Gasteiger partial charge in [0.2, 0.25) is 5.95 Å². The minimum absolute atomic E-state index is 0.0232. The lowest BCUT2D eigenvalue weighted by atomic mass is 9.76. The van der Waals surface area contributed by atoms with Crippen LogP contribution in [0.2, 0.25) is 0 Å². The molecule has 1 aromatic heterocycles. The third kappa shape index (κ3) is 5.08. The van der Waals surface area contributed by atoms with E-state index in [9.17, 15) is 14.4 Å². The zero-order valence-electron chi connectivity index (χ0n) is 20.7. The summed E-state index contributed by atoms with van der Waals surface area (Å²) in [7, 11) is 0.0502. The van der Waals surface area contributed by atoms with Crippen molar-refractivity contribution in [3.8, 4) is 5.75 Å². The molecule has 10 heteroatoms. The first-order valence-corrected chi connectivity index (χ1v) is 12.1. The quantitative estimate of drug-likeness (QED) is 0.237. The van der Waals surface area contributed by atoms with Crippen LogP contribution in [0.25, 0.3) is 10.9 Å². The largest absolute Gasteiger partial charge is 0.489 e. The van der Waals surface area contributed by atoms with Crippen LogP contribution < -0.4 is 20.4 Å². The number of fused-ring (bicyclic) bond motifs is 2. The molecule has 8 nitrogen and oxygen atoms in total. The van der Waals surface area contributed by atoms with E-state index in [2.05, 4.69) is 5.32 Å². The number of rotatable bonds is 9. The monoisotopic (exact) mass is 502 g/mol. The summed E-state index contributed by atoms with van der Waals surface area (Å²) in [6.07, 6.45) is 0.614. The molecule has 4 aromatic rings. The van der Waals surface area contributed by atoms with E-state index in [1.165, 1.54) is 12.1 Å². The van der Waals surface area contributed by atoms with Crippen molar-refractivity contribution >= 4 is 40.9 Å². The van der Waals surface area contributed by atoms with Crippen LogP contribution in [0.4, 0.5) is 21.8 Å². The number of ether oxygens (including phenoxy) is 2. The van der Waals surface area contributed by atoms with E-state index in [4.69, 9.17) is 19.4 Å². The zero-order valence-corrected chi connectivity index (χ0v) is 20.7. The van der Waals surface area contributed by atoms with E-state index >= 15 is 0 Å². The van der Waals surface area contributed by atoms with Crippen LogP contribution in [0.1, 0.15) is 18.1 Å². The lowest BCUT2D eigenvalue weighted by Crippen LogP contribution is -2.32. The van der Waals surface area contributed by atoms with Gasteiger partial charge >= 0.3 is 7.12 Å². The standard InChI is InChI=1S/C27H28BFN4O4/c1-17-14-21-22(28(34)35)9-5-10-23(21)33(17)27-31-25-20(8-4-11-24(25)37-13-12-36-2)26(32-27)30-16-18-6-3-7-19(29)15-18/h3-11,15,17,34-35H,12-14,16H2,1-2H3,(H,30,31,32). The molecule has 0 aliphatic carbocycles. The first-order chi connectivity index (χ1) is 18.0. The second-order valence-corrected chi connectivity index (χ2v) is 8.99. The summed E-state index contributed by atoms with van der Waals surface area (Å²) in [5, 5.41) is 23.9. The number of halogens is 1. The van der Waals surface area contributed by atoms with Crippen LogP contribution >= 0.6 is 0 Å². The van der Waals surface area contributed by atoms with Gasteiger partial charge in [0.05, 0.1) is 6.61 Å². The maximum atomic E-state index is 13.8. The molecular weight excluding hydrogens is 474 g/mol. The van der Waals surface area contributed by atoms with E-state index < -0.39 is 7.12 Å². The lowest BCUT2D eigenvalue weighted by molar-refractivity contribution is 0.147. The van der Waals surface area contributed by atoms with E-state index in [0.717, 1.165) is 22.2 Å². The number of hydrogen-bond donors (Lipinski definition) is 3. The van der Waals surface area contributed by atoms with Gasteiger partial charge in [-0.15, -0.1) is 0 Å². The van der Waals surface area contributed by atoms with Gasteiger partial charge in [0.25, 0.3) is 0 Å². The highest BCUT2D eigenvalue weighted by Crippen LogP contribution is 2.38. The normalized spacial score (nSPS) is 14.6. The minimum atomic E-state index is -1.57. The second kappa shape index (κ2) is 10.7. The minimum Gasteiger partial charge on any atom is -0.489 e. The maximum absolute atomic E-state index is 13.8. The summed E-state index contributed by atoms with van der Waals surface area (Å²) >= 11 is 0. The molecule has 0 saturated heterocycles. The first kappa shape index (κ1) is 24.9. The molecule has 3 aromatic carbocycles. The van der Waals surface area contributed by atoms with Crippen molar-refractivity contribution < 1.29 is 23.9 Å². The Hall–Kier alpha value is -3.73. The number of benzene rings is 3. The molecule has 0 radical (unpaired) electrons. The van der Waals surface area contributed by atoms with Crippen LogP contribution in [0, 0.1) is 5.82 Å². The smallest absolute Gasteiger partial charge is 0.488 e. The number of para-hydroxylation sites is 1. The van der Waals surface area contributed by atoms with Gasteiger partial charge in [-0.1, -0.05) is 30.3 Å². The molecule has 0 saturated carbocycles. The fourth-order valence-electron chi connectivity index (χ4n) is 4.75. The average Bonchev–Trinajstić information content (AvgIpc) is 3.23. The Kier molecular flexibility index (Phi) is 7.23. The molecule has 3 N–H and O–H groups in total. The van der Waals surface area contributed by atoms with Gasteiger partial charge in [0.15, 0.2) is 0 Å². The molecule has 2 heterocycles. The molecule has 1 aliphatic heterocycles. The molecule has 37 heavy (non-hydrogen) atoms. The van der Waals surface area contributed by atoms with Crippen molar-refractivity contribution in [2.75, 3.05) is 30.5 Å². The van der Waals surface area contributed by atoms with E-state index in [0.29, 0.717) is 54.7 Å². The topological polar surface area (TPSA) is 100.0 Å². The summed E-state index contributed by atoms with van der Waals surface area (Å²) < 4.78 is 24.9. The predicted octanol–water partition coefficient (Wildman–Crippen LogP) is 3.17. The van der Waals surface area contributed by atoms with Crippen LogP contribution in [0.5, 0.6) is 5.75 Å². The highest BCUT2D eigenvalue weighted by Gasteiger charge is 2.33. The number of nitrogens with zero attached hydrogens (tertiary/aromatic N) is 3. The number of aromatic nitrogens is 2. The molecule has 1 atom stereocenters. The average molecular weight is 502 g/mol. The Bertz CT molecular complexity index is 1420. The van der Waals surface area contributed by atoms with Crippen LogP contribution in [0.15, 0.2) is 60.7 Å². The molecule has 0 fully saturated rings. The fraction of sp³-hybridized carbons (Fsp3) is 0.259. The molecule has 1 unspecified atom stereocenters. The second-order valence-electron chi connectivity index (χ2n) is 8.99. The van der Waals surface area contributed by atoms with E-state index in [1.807, 2.05) is 42.2 Å². The third-order valence-electron chi connectivity index (χ3n) is 6.45. The Morgan fingerprint density at radius 3 is 2.68 bits per heavy atom. The summed E-state index contributed by atoms with van der Waals surface area (Å²) in [5.41, 5.74) is 3.56. The highest BCUT2D eigenvalue weighted by molar-refractivity contribution is 6.59. The van der Waals surface area contributed by atoms with Crippen LogP contribution in [-0.4, -0.2) is 53.5 Å². The zero-order chi connectivity index (χ0) is 25.9. The third-order valence-corrected chi connectivity index (χ3v) is 6.45. The van der Waals surface area contributed by atoms with Gasteiger partial charge in [-0.2, -0.15) is 4.98 Å². The van der Waals surface area contributed by atoms with Crippen molar-refractivity contribution in [2.45, 2.75) is 25.9 Å². The van der Waals surface area contributed by atoms with Crippen LogP contribution in [-0.2, 0) is 17.7 Å². The van der Waals surface area contributed by atoms with E-state index in [1.54, 1.807) is 25.3 Å². The summed E-state index contributed by atoms with van der Waals surface area (Å²) in [6.45, 7) is 3.20. The Morgan fingerprint density at radius 1 is 1.08 bits per heavy atom.